The minimum atomic E-state index is -0.302. The molecule has 0 bridgehead atoms. The molecule has 0 unspecified atom stereocenters. The summed E-state index contributed by atoms with van der Waals surface area (Å²) < 4.78 is 17.3. The summed E-state index contributed by atoms with van der Waals surface area (Å²) in [7, 11) is 0. The Morgan fingerprint density at radius 2 is 1.70 bits per heavy atom. The number of hydrogen-bond donors (Lipinski definition) is 1. The summed E-state index contributed by atoms with van der Waals surface area (Å²) in [5, 5.41) is 4.02. The molecule has 144 valence electrons. The van der Waals surface area contributed by atoms with Crippen LogP contribution >= 0.6 is 15.9 Å². The number of halogens is 1. The monoisotopic (exact) mass is 434 g/mol. The molecule has 2 rings (SSSR count). The number of nitrogens with one attached hydrogen (secondary N) is 1. The summed E-state index contributed by atoms with van der Waals surface area (Å²) >= 11 is 3.48. The van der Waals surface area contributed by atoms with Crippen molar-refractivity contribution >= 4 is 28.1 Å². The van der Waals surface area contributed by atoms with Gasteiger partial charge in [-0.2, -0.15) is 5.10 Å². The lowest BCUT2D eigenvalue weighted by atomic mass is 10.2. The van der Waals surface area contributed by atoms with Gasteiger partial charge in [-0.05, 0) is 78.7 Å². The largest absolute Gasteiger partial charge is 0.494 e. The highest BCUT2D eigenvalue weighted by Crippen LogP contribution is 2.36. The molecule has 0 aliphatic carbocycles. The van der Waals surface area contributed by atoms with Crippen LogP contribution in [0, 0.1) is 0 Å². The van der Waals surface area contributed by atoms with Crippen LogP contribution in [-0.2, 0) is 0 Å². The molecule has 0 saturated carbocycles. The van der Waals surface area contributed by atoms with Crippen molar-refractivity contribution in [2.24, 2.45) is 5.10 Å². The fourth-order valence-electron chi connectivity index (χ4n) is 2.31. The van der Waals surface area contributed by atoms with Crippen LogP contribution in [-0.4, -0.2) is 31.9 Å². The Morgan fingerprint density at radius 1 is 1.04 bits per heavy atom. The first kappa shape index (κ1) is 20.8. The number of rotatable bonds is 9. The number of ether oxygens (including phenoxy) is 3. The first-order valence-electron chi connectivity index (χ1n) is 8.74. The van der Waals surface area contributed by atoms with E-state index in [1.54, 1.807) is 30.5 Å². The molecule has 0 atom stereocenters. The van der Waals surface area contributed by atoms with E-state index < -0.39 is 0 Å². The van der Waals surface area contributed by atoms with E-state index in [2.05, 4.69) is 26.5 Å². The first-order chi connectivity index (χ1) is 13.1. The molecule has 2 aromatic rings. The molecule has 0 radical (unpaired) electrons. The number of carbonyl (C=O) groups is 1. The molecule has 0 spiro atoms. The molecule has 7 heteroatoms. The smallest absolute Gasteiger partial charge is 0.271 e. The summed E-state index contributed by atoms with van der Waals surface area (Å²) in [4.78, 5) is 12.2. The molecule has 2 aromatic carbocycles. The lowest BCUT2D eigenvalue weighted by Crippen LogP contribution is -2.17. The Balaban J connectivity index is 2.07. The lowest BCUT2D eigenvalue weighted by Gasteiger charge is -2.13. The highest BCUT2D eigenvalue weighted by atomic mass is 79.9. The van der Waals surface area contributed by atoms with Gasteiger partial charge in [0.15, 0.2) is 11.5 Å². The average Bonchev–Trinajstić information content (AvgIpc) is 2.65. The van der Waals surface area contributed by atoms with E-state index in [0.717, 1.165) is 15.8 Å². The van der Waals surface area contributed by atoms with E-state index >= 15 is 0 Å². The van der Waals surface area contributed by atoms with Crippen LogP contribution in [0.3, 0.4) is 0 Å². The Kier molecular flexibility index (Phi) is 8.13. The SMILES string of the molecule is CCOc1ccc(C(=O)N/N=C/c2cc(Br)c(OCC)c(OCC)c2)cc1. The van der Waals surface area contributed by atoms with E-state index in [1.165, 1.54) is 0 Å². The molecule has 0 heterocycles. The topological polar surface area (TPSA) is 69.2 Å². The number of amides is 1. The first-order valence-corrected chi connectivity index (χ1v) is 9.53. The fraction of sp³-hybridized carbons (Fsp3) is 0.300. The van der Waals surface area contributed by atoms with Gasteiger partial charge in [0.2, 0.25) is 0 Å². The maximum absolute atomic E-state index is 12.2. The third kappa shape index (κ3) is 5.99. The van der Waals surface area contributed by atoms with Gasteiger partial charge in [0.25, 0.3) is 5.91 Å². The van der Waals surface area contributed by atoms with Crippen LogP contribution in [0.2, 0.25) is 0 Å². The third-order valence-corrected chi connectivity index (χ3v) is 4.02. The van der Waals surface area contributed by atoms with Crippen molar-refractivity contribution in [3.63, 3.8) is 0 Å². The summed E-state index contributed by atoms with van der Waals surface area (Å²) in [6, 6.07) is 10.5. The van der Waals surface area contributed by atoms with Crippen LogP contribution in [0.5, 0.6) is 17.2 Å². The predicted octanol–water partition coefficient (Wildman–Crippen LogP) is 4.41. The zero-order valence-electron chi connectivity index (χ0n) is 15.6. The second-order valence-corrected chi connectivity index (χ2v) is 6.21. The van der Waals surface area contributed by atoms with E-state index in [0.29, 0.717) is 36.9 Å². The zero-order chi connectivity index (χ0) is 19.6. The van der Waals surface area contributed by atoms with Gasteiger partial charge in [0, 0.05) is 5.56 Å². The van der Waals surface area contributed by atoms with Gasteiger partial charge in [-0.25, -0.2) is 5.43 Å². The highest BCUT2D eigenvalue weighted by molar-refractivity contribution is 9.10. The molecular formula is C20H23BrN2O4. The van der Waals surface area contributed by atoms with E-state index in [4.69, 9.17) is 14.2 Å². The van der Waals surface area contributed by atoms with Crippen LogP contribution in [0.1, 0.15) is 36.7 Å². The Hall–Kier alpha value is -2.54. The van der Waals surface area contributed by atoms with Crippen LogP contribution in [0.15, 0.2) is 46.0 Å². The fourth-order valence-corrected chi connectivity index (χ4v) is 2.88. The standard InChI is InChI=1S/C20H23BrN2O4/c1-4-25-16-9-7-15(8-10-16)20(24)23-22-13-14-11-17(21)19(27-6-3)18(12-14)26-5-2/h7-13H,4-6H2,1-3H3,(H,23,24)/b22-13+. The normalized spacial score (nSPS) is 10.7. The van der Waals surface area contributed by atoms with Gasteiger partial charge in [-0.3, -0.25) is 4.79 Å². The molecule has 1 amide bonds. The van der Waals surface area contributed by atoms with Crippen molar-refractivity contribution in [1.29, 1.82) is 0 Å². The molecule has 0 aliphatic rings. The number of hydrazone groups is 1. The van der Waals surface area contributed by atoms with E-state index in [9.17, 15) is 4.79 Å². The molecule has 0 aliphatic heterocycles. The maximum atomic E-state index is 12.2. The van der Waals surface area contributed by atoms with Crippen molar-refractivity contribution in [2.45, 2.75) is 20.8 Å². The Bertz CT molecular complexity index is 791. The minimum Gasteiger partial charge on any atom is -0.494 e. The van der Waals surface area contributed by atoms with Crippen LogP contribution in [0.25, 0.3) is 0 Å². The van der Waals surface area contributed by atoms with Crippen molar-refractivity contribution in [3.8, 4) is 17.2 Å². The Labute approximate surface area is 167 Å². The second kappa shape index (κ2) is 10.6. The molecule has 0 aromatic heterocycles. The molecule has 0 saturated heterocycles. The van der Waals surface area contributed by atoms with E-state index in [-0.39, 0.29) is 5.91 Å². The third-order valence-electron chi connectivity index (χ3n) is 3.43. The van der Waals surface area contributed by atoms with Gasteiger partial charge >= 0.3 is 0 Å². The summed E-state index contributed by atoms with van der Waals surface area (Å²) in [6.45, 7) is 7.35. The number of benzene rings is 2. The molecular weight excluding hydrogens is 412 g/mol. The molecule has 0 fully saturated rings. The van der Waals surface area contributed by atoms with Crippen molar-refractivity contribution in [1.82, 2.24) is 5.43 Å². The van der Waals surface area contributed by atoms with Crippen LogP contribution < -0.4 is 19.6 Å². The Morgan fingerprint density at radius 3 is 2.33 bits per heavy atom. The summed E-state index contributed by atoms with van der Waals surface area (Å²) in [5.41, 5.74) is 3.78. The van der Waals surface area contributed by atoms with Gasteiger partial charge in [-0.15, -0.1) is 0 Å². The molecule has 6 nitrogen and oxygen atoms in total. The van der Waals surface area contributed by atoms with Crippen molar-refractivity contribution in [3.05, 3.63) is 52.0 Å². The van der Waals surface area contributed by atoms with Crippen molar-refractivity contribution in [2.75, 3.05) is 19.8 Å². The van der Waals surface area contributed by atoms with Gasteiger partial charge in [0.05, 0.1) is 30.5 Å². The van der Waals surface area contributed by atoms with Crippen molar-refractivity contribution < 1.29 is 19.0 Å². The summed E-state index contributed by atoms with van der Waals surface area (Å²) in [6.07, 6.45) is 1.55. The number of hydrogen-bond acceptors (Lipinski definition) is 5. The average molecular weight is 435 g/mol. The van der Waals surface area contributed by atoms with Gasteiger partial charge in [-0.1, -0.05) is 0 Å². The van der Waals surface area contributed by atoms with Gasteiger partial charge in [0.1, 0.15) is 5.75 Å². The second-order valence-electron chi connectivity index (χ2n) is 5.35. The number of carbonyl (C=O) groups excluding carboxylic acids is 1. The number of nitrogens with zero attached hydrogens (tertiary/aromatic N) is 1. The maximum Gasteiger partial charge on any atom is 0.271 e. The van der Waals surface area contributed by atoms with Gasteiger partial charge < -0.3 is 14.2 Å². The molecule has 27 heavy (non-hydrogen) atoms. The minimum absolute atomic E-state index is 0.302. The highest BCUT2D eigenvalue weighted by Gasteiger charge is 2.11. The summed E-state index contributed by atoms with van der Waals surface area (Å²) in [5.74, 6) is 1.69. The quantitative estimate of drug-likeness (QED) is 0.468. The van der Waals surface area contributed by atoms with Crippen LogP contribution in [0.4, 0.5) is 0 Å². The lowest BCUT2D eigenvalue weighted by molar-refractivity contribution is 0.0955. The predicted molar refractivity (Wildman–Crippen MR) is 109 cm³/mol. The van der Waals surface area contributed by atoms with E-state index in [1.807, 2.05) is 32.9 Å². The molecule has 1 N–H and O–H groups in total. The zero-order valence-corrected chi connectivity index (χ0v) is 17.2.